The van der Waals surface area contributed by atoms with E-state index in [4.69, 9.17) is 5.73 Å². The van der Waals surface area contributed by atoms with Crippen LogP contribution in [0.25, 0.3) is 0 Å². The predicted molar refractivity (Wildman–Crippen MR) is 75.7 cm³/mol. The lowest BCUT2D eigenvalue weighted by Gasteiger charge is -2.11. The third-order valence-corrected chi connectivity index (χ3v) is 4.44. The minimum atomic E-state index is -4.47. The lowest BCUT2D eigenvalue weighted by Crippen LogP contribution is -2.16. The Kier molecular flexibility index (Phi) is 4.15. The second-order valence-electron chi connectivity index (χ2n) is 4.02. The van der Waals surface area contributed by atoms with Gasteiger partial charge in [0.2, 0.25) is 0 Å². The average molecular weight is 381 g/mol. The Balaban J connectivity index is 2.51. The van der Waals surface area contributed by atoms with E-state index in [0.717, 1.165) is 24.3 Å². The number of hydrogen-bond acceptors (Lipinski definition) is 3. The molecular formula is C12H8BrF3N2O2S. The highest BCUT2D eigenvalue weighted by Crippen LogP contribution is 2.28. The van der Waals surface area contributed by atoms with E-state index < -0.39 is 38.1 Å². The summed E-state index contributed by atoms with van der Waals surface area (Å²) in [5.41, 5.74) is 4.81. The molecule has 21 heavy (non-hydrogen) atoms. The standard InChI is InChI=1S/C12H8BrF3N2O2S/c13-7-4-6(17)5-10(11(7)15)21(19,20)18-9-3-1-2-8(14)12(9)16/h1-5,18H,17H2. The Bertz CT molecular complexity index is 812. The van der Waals surface area contributed by atoms with Gasteiger partial charge in [-0.25, -0.2) is 21.6 Å². The fourth-order valence-corrected chi connectivity index (χ4v) is 3.37. The van der Waals surface area contributed by atoms with Gasteiger partial charge in [0.25, 0.3) is 10.0 Å². The Morgan fingerprint density at radius 3 is 2.43 bits per heavy atom. The molecule has 2 rings (SSSR count). The molecule has 0 unspecified atom stereocenters. The number of benzene rings is 2. The molecule has 0 aliphatic carbocycles. The van der Waals surface area contributed by atoms with Gasteiger partial charge >= 0.3 is 0 Å². The molecule has 0 amide bonds. The van der Waals surface area contributed by atoms with Crippen LogP contribution in [0.2, 0.25) is 0 Å². The zero-order valence-electron chi connectivity index (χ0n) is 10.2. The lowest BCUT2D eigenvalue weighted by molar-refractivity contribution is 0.511. The topological polar surface area (TPSA) is 72.2 Å². The van der Waals surface area contributed by atoms with E-state index >= 15 is 0 Å². The van der Waals surface area contributed by atoms with Crippen LogP contribution in [0.4, 0.5) is 24.5 Å². The maximum Gasteiger partial charge on any atom is 0.265 e. The average Bonchev–Trinajstić information content (AvgIpc) is 2.39. The van der Waals surface area contributed by atoms with Crippen molar-refractivity contribution in [1.29, 1.82) is 0 Å². The van der Waals surface area contributed by atoms with Crippen LogP contribution in [0.1, 0.15) is 0 Å². The molecule has 0 radical (unpaired) electrons. The summed E-state index contributed by atoms with van der Waals surface area (Å²) >= 11 is 2.82. The molecule has 2 aromatic rings. The van der Waals surface area contributed by atoms with Crippen LogP contribution in [0.3, 0.4) is 0 Å². The molecule has 0 bridgehead atoms. The zero-order valence-corrected chi connectivity index (χ0v) is 12.6. The van der Waals surface area contributed by atoms with E-state index in [2.05, 4.69) is 15.9 Å². The molecule has 3 N–H and O–H groups in total. The summed E-state index contributed by atoms with van der Waals surface area (Å²) < 4.78 is 66.2. The molecule has 0 aliphatic rings. The molecule has 0 aliphatic heterocycles. The number of halogens is 4. The first-order chi connectivity index (χ1) is 9.72. The van der Waals surface area contributed by atoms with Gasteiger partial charge in [0.05, 0.1) is 10.2 Å². The van der Waals surface area contributed by atoms with Crippen LogP contribution in [0.15, 0.2) is 39.7 Å². The molecule has 0 aromatic heterocycles. The summed E-state index contributed by atoms with van der Waals surface area (Å²) in [7, 11) is -4.47. The van der Waals surface area contributed by atoms with Gasteiger partial charge in [-0.2, -0.15) is 0 Å². The van der Waals surface area contributed by atoms with E-state index in [1.165, 1.54) is 6.07 Å². The fraction of sp³-hybridized carbons (Fsp3) is 0. The number of sulfonamides is 1. The van der Waals surface area contributed by atoms with Gasteiger partial charge in [-0.15, -0.1) is 0 Å². The van der Waals surface area contributed by atoms with Crippen molar-refractivity contribution < 1.29 is 21.6 Å². The lowest BCUT2D eigenvalue weighted by atomic mass is 10.3. The zero-order chi connectivity index (χ0) is 15.8. The van der Waals surface area contributed by atoms with Gasteiger partial charge in [0, 0.05) is 5.69 Å². The van der Waals surface area contributed by atoms with Crippen molar-refractivity contribution in [3.05, 3.63) is 52.3 Å². The monoisotopic (exact) mass is 380 g/mol. The van der Waals surface area contributed by atoms with Crippen LogP contribution in [0.5, 0.6) is 0 Å². The fourth-order valence-electron chi connectivity index (χ4n) is 1.56. The second kappa shape index (κ2) is 5.57. The molecular weight excluding hydrogens is 373 g/mol. The van der Waals surface area contributed by atoms with Crippen LogP contribution < -0.4 is 10.5 Å². The van der Waals surface area contributed by atoms with Crippen molar-refractivity contribution in [3.63, 3.8) is 0 Å². The van der Waals surface area contributed by atoms with Gasteiger partial charge in [0.1, 0.15) is 4.90 Å². The first kappa shape index (κ1) is 15.6. The molecule has 0 fully saturated rings. The van der Waals surface area contributed by atoms with E-state index in [0.29, 0.717) is 0 Å². The van der Waals surface area contributed by atoms with Crippen molar-refractivity contribution in [2.45, 2.75) is 4.90 Å². The summed E-state index contributed by atoms with van der Waals surface area (Å²) in [5.74, 6) is -3.71. The largest absolute Gasteiger partial charge is 0.399 e. The molecule has 4 nitrogen and oxygen atoms in total. The Morgan fingerprint density at radius 1 is 1.10 bits per heavy atom. The van der Waals surface area contributed by atoms with Crippen LogP contribution in [-0.4, -0.2) is 8.42 Å². The van der Waals surface area contributed by atoms with Crippen molar-refractivity contribution >= 4 is 37.3 Å². The third-order valence-electron chi connectivity index (χ3n) is 2.50. The molecule has 2 aromatic carbocycles. The maximum atomic E-state index is 13.9. The molecule has 0 saturated carbocycles. The SMILES string of the molecule is Nc1cc(Br)c(F)c(S(=O)(=O)Nc2cccc(F)c2F)c1. The molecule has 0 atom stereocenters. The second-order valence-corrected chi connectivity index (χ2v) is 6.53. The Morgan fingerprint density at radius 2 is 1.76 bits per heavy atom. The number of nitrogens with two attached hydrogens (primary N) is 1. The molecule has 0 spiro atoms. The number of rotatable bonds is 3. The molecule has 0 heterocycles. The first-order valence-corrected chi connectivity index (χ1v) is 7.71. The van der Waals surface area contributed by atoms with Gasteiger partial charge in [-0.3, -0.25) is 4.72 Å². The van der Waals surface area contributed by atoms with Crippen molar-refractivity contribution in [2.75, 3.05) is 10.5 Å². The number of nitrogen functional groups attached to an aromatic ring is 1. The smallest absolute Gasteiger partial charge is 0.265 e. The van der Waals surface area contributed by atoms with E-state index in [-0.39, 0.29) is 10.2 Å². The van der Waals surface area contributed by atoms with Crippen molar-refractivity contribution in [1.82, 2.24) is 0 Å². The normalized spacial score (nSPS) is 11.4. The number of anilines is 2. The van der Waals surface area contributed by atoms with Gasteiger partial charge in [-0.1, -0.05) is 6.07 Å². The Hall–Kier alpha value is -1.74. The van der Waals surface area contributed by atoms with E-state index in [1.54, 1.807) is 4.72 Å². The van der Waals surface area contributed by atoms with Gasteiger partial charge < -0.3 is 5.73 Å². The quantitative estimate of drug-likeness (QED) is 0.802. The minimum Gasteiger partial charge on any atom is -0.399 e. The highest BCUT2D eigenvalue weighted by Gasteiger charge is 2.23. The van der Waals surface area contributed by atoms with Crippen molar-refractivity contribution in [3.8, 4) is 0 Å². The van der Waals surface area contributed by atoms with E-state index in [1.807, 2.05) is 0 Å². The van der Waals surface area contributed by atoms with Crippen LogP contribution >= 0.6 is 15.9 Å². The summed E-state index contributed by atoms with van der Waals surface area (Å²) in [5, 5.41) is 0. The summed E-state index contributed by atoms with van der Waals surface area (Å²) in [6.07, 6.45) is 0. The third kappa shape index (κ3) is 3.13. The maximum absolute atomic E-state index is 13.9. The molecule has 112 valence electrons. The minimum absolute atomic E-state index is 0.0108. The Labute approximate surface area is 127 Å². The van der Waals surface area contributed by atoms with Crippen LogP contribution in [-0.2, 0) is 10.0 Å². The highest BCUT2D eigenvalue weighted by atomic mass is 79.9. The molecule has 9 heteroatoms. The van der Waals surface area contributed by atoms with E-state index in [9.17, 15) is 21.6 Å². The van der Waals surface area contributed by atoms with Gasteiger partial charge in [-0.05, 0) is 40.2 Å². The van der Waals surface area contributed by atoms with Crippen molar-refractivity contribution in [2.24, 2.45) is 0 Å². The van der Waals surface area contributed by atoms with Crippen LogP contribution in [0, 0.1) is 17.5 Å². The first-order valence-electron chi connectivity index (χ1n) is 5.43. The number of nitrogens with one attached hydrogen (secondary N) is 1. The highest BCUT2D eigenvalue weighted by molar-refractivity contribution is 9.10. The summed E-state index contributed by atoms with van der Waals surface area (Å²) in [4.78, 5) is -0.780. The van der Waals surface area contributed by atoms with Gasteiger partial charge in [0.15, 0.2) is 17.5 Å². The summed E-state index contributed by atoms with van der Waals surface area (Å²) in [6, 6.07) is 5.00. The predicted octanol–water partition coefficient (Wildman–Crippen LogP) is 3.25. The summed E-state index contributed by atoms with van der Waals surface area (Å²) in [6.45, 7) is 0. The molecule has 0 saturated heterocycles. The number of hydrogen-bond donors (Lipinski definition) is 2.